The molecule has 1 heterocycles. The number of rotatable bonds is 5. The van der Waals surface area contributed by atoms with Gasteiger partial charge in [0.1, 0.15) is 0 Å². The van der Waals surface area contributed by atoms with Crippen LogP contribution in [0, 0.1) is 20.8 Å². The van der Waals surface area contributed by atoms with Crippen LogP contribution in [0.15, 0.2) is 35.5 Å². The SMILES string of the molecule is Cc1nc(S[C@@H](C)C(=O)NCc2ccccc2)nc(C)c1C. The lowest BCUT2D eigenvalue weighted by atomic mass is 10.2. The Labute approximate surface area is 135 Å². The highest BCUT2D eigenvalue weighted by Crippen LogP contribution is 2.21. The monoisotopic (exact) mass is 315 g/mol. The second-order valence-corrected chi connectivity index (χ2v) is 6.57. The number of thioether (sulfide) groups is 1. The van der Waals surface area contributed by atoms with Crippen LogP contribution in [0.2, 0.25) is 0 Å². The lowest BCUT2D eigenvalue weighted by Gasteiger charge is -2.12. The molecule has 0 saturated heterocycles. The van der Waals surface area contributed by atoms with E-state index >= 15 is 0 Å². The summed E-state index contributed by atoms with van der Waals surface area (Å²) in [6.45, 7) is 8.35. The number of hydrogen-bond donors (Lipinski definition) is 1. The number of amides is 1. The van der Waals surface area contributed by atoms with E-state index in [2.05, 4.69) is 15.3 Å². The first-order chi connectivity index (χ1) is 10.5. The molecular formula is C17H21N3OS. The van der Waals surface area contributed by atoms with E-state index in [1.54, 1.807) is 0 Å². The van der Waals surface area contributed by atoms with E-state index in [1.165, 1.54) is 11.8 Å². The average Bonchev–Trinajstić information content (AvgIpc) is 2.51. The molecule has 116 valence electrons. The lowest BCUT2D eigenvalue weighted by molar-refractivity contribution is -0.120. The van der Waals surface area contributed by atoms with Crippen molar-refractivity contribution >= 4 is 17.7 Å². The number of carbonyl (C=O) groups excluding carboxylic acids is 1. The van der Waals surface area contributed by atoms with E-state index in [1.807, 2.05) is 58.0 Å². The summed E-state index contributed by atoms with van der Waals surface area (Å²) in [7, 11) is 0. The quantitative estimate of drug-likeness (QED) is 0.680. The highest BCUT2D eigenvalue weighted by molar-refractivity contribution is 8.00. The van der Waals surface area contributed by atoms with Gasteiger partial charge in [0.25, 0.3) is 0 Å². The number of aromatic nitrogens is 2. The summed E-state index contributed by atoms with van der Waals surface area (Å²) in [6, 6.07) is 9.88. The second-order valence-electron chi connectivity index (χ2n) is 5.27. The van der Waals surface area contributed by atoms with Gasteiger partial charge in [-0.25, -0.2) is 9.97 Å². The van der Waals surface area contributed by atoms with Crippen LogP contribution < -0.4 is 5.32 Å². The summed E-state index contributed by atoms with van der Waals surface area (Å²) < 4.78 is 0. The van der Waals surface area contributed by atoms with Crippen molar-refractivity contribution in [3.63, 3.8) is 0 Å². The van der Waals surface area contributed by atoms with Gasteiger partial charge < -0.3 is 5.32 Å². The van der Waals surface area contributed by atoms with Crippen molar-refractivity contribution in [3.05, 3.63) is 52.8 Å². The first kappa shape index (κ1) is 16.5. The van der Waals surface area contributed by atoms with Gasteiger partial charge in [-0.05, 0) is 38.8 Å². The molecule has 1 atom stereocenters. The summed E-state index contributed by atoms with van der Waals surface area (Å²) >= 11 is 1.39. The molecule has 2 rings (SSSR count). The molecule has 0 radical (unpaired) electrons. The van der Waals surface area contributed by atoms with Gasteiger partial charge in [0.2, 0.25) is 5.91 Å². The van der Waals surface area contributed by atoms with Gasteiger partial charge in [0.15, 0.2) is 5.16 Å². The highest BCUT2D eigenvalue weighted by Gasteiger charge is 2.16. The molecule has 1 N–H and O–H groups in total. The third kappa shape index (κ3) is 4.31. The second kappa shape index (κ2) is 7.40. The zero-order chi connectivity index (χ0) is 16.1. The maximum absolute atomic E-state index is 12.2. The summed E-state index contributed by atoms with van der Waals surface area (Å²) in [5, 5.41) is 3.37. The molecule has 0 fully saturated rings. The fourth-order valence-corrected chi connectivity index (χ4v) is 2.82. The summed E-state index contributed by atoms with van der Waals surface area (Å²) in [6.07, 6.45) is 0. The Kier molecular flexibility index (Phi) is 5.55. The van der Waals surface area contributed by atoms with E-state index in [9.17, 15) is 4.79 Å². The fraction of sp³-hybridized carbons (Fsp3) is 0.353. The van der Waals surface area contributed by atoms with E-state index < -0.39 is 0 Å². The molecule has 0 bridgehead atoms. The minimum absolute atomic E-state index is 0.00617. The fourth-order valence-electron chi connectivity index (χ4n) is 1.93. The average molecular weight is 315 g/mol. The van der Waals surface area contributed by atoms with Crippen molar-refractivity contribution < 1.29 is 4.79 Å². The Morgan fingerprint density at radius 1 is 1.14 bits per heavy atom. The number of hydrogen-bond acceptors (Lipinski definition) is 4. The lowest BCUT2D eigenvalue weighted by Crippen LogP contribution is -2.30. The van der Waals surface area contributed by atoms with E-state index in [0.717, 1.165) is 22.5 Å². The molecule has 0 aliphatic carbocycles. The van der Waals surface area contributed by atoms with Crippen molar-refractivity contribution in [2.24, 2.45) is 0 Å². The Bertz CT molecular complexity index is 635. The van der Waals surface area contributed by atoms with Crippen molar-refractivity contribution in [1.82, 2.24) is 15.3 Å². The summed E-state index contributed by atoms with van der Waals surface area (Å²) in [5.74, 6) is -0.00617. The van der Waals surface area contributed by atoms with Crippen LogP contribution in [0.5, 0.6) is 0 Å². The zero-order valence-corrected chi connectivity index (χ0v) is 14.2. The largest absolute Gasteiger partial charge is 0.351 e. The van der Waals surface area contributed by atoms with Gasteiger partial charge in [0.05, 0.1) is 5.25 Å². The number of aryl methyl sites for hydroxylation is 2. The molecule has 1 aromatic heterocycles. The minimum atomic E-state index is -0.231. The van der Waals surface area contributed by atoms with Crippen molar-refractivity contribution in [1.29, 1.82) is 0 Å². The van der Waals surface area contributed by atoms with Crippen LogP contribution in [0.1, 0.15) is 29.4 Å². The predicted molar refractivity (Wildman–Crippen MR) is 89.9 cm³/mol. The molecule has 1 aromatic carbocycles. The maximum atomic E-state index is 12.2. The molecule has 0 unspecified atom stereocenters. The number of nitrogens with zero attached hydrogens (tertiary/aromatic N) is 2. The zero-order valence-electron chi connectivity index (χ0n) is 13.4. The van der Waals surface area contributed by atoms with Crippen molar-refractivity contribution in [2.75, 3.05) is 0 Å². The Morgan fingerprint density at radius 2 is 1.73 bits per heavy atom. The Hall–Kier alpha value is -1.88. The standard InChI is InChI=1S/C17H21N3OS/c1-11-12(2)19-17(20-13(11)3)22-14(4)16(21)18-10-15-8-6-5-7-9-15/h5-9,14H,10H2,1-4H3,(H,18,21)/t14-/m0/s1. The molecule has 0 aliphatic heterocycles. The number of carbonyl (C=O) groups is 1. The summed E-state index contributed by atoms with van der Waals surface area (Å²) in [4.78, 5) is 21.1. The van der Waals surface area contributed by atoms with E-state index in [4.69, 9.17) is 0 Å². The van der Waals surface area contributed by atoms with Gasteiger partial charge in [-0.3, -0.25) is 4.79 Å². The topological polar surface area (TPSA) is 54.9 Å². The van der Waals surface area contributed by atoms with Gasteiger partial charge in [-0.15, -0.1) is 0 Å². The Balaban J connectivity index is 1.94. The molecule has 2 aromatic rings. The molecular weight excluding hydrogens is 294 g/mol. The van der Waals surface area contributed by atoms with Crippen LogP contribution in [0.25, 0.3) is 0 Å². The molecule has 4 nitrogen and oxygen atoms in total. The van der Waals surface area contributed by atoms with E-state index in [0.29, 0.717) is 11.7 Å². The van der Waals surface area contributed by atoms with Gasteiger partial charge in [-0.1, -0.05) is 42.1 Å². The molecule has 22 heavy (non-hydrogen) atoms. The van der Waals surface area contributed by atoms with E-state index in [-0.39, 0.29) is 11.2 Å². The first-order valence-electron chi connectivity index (χ1n) is 7.27. The maximum Gasteiger partial charge on any atom is 0.233 e. The minimum Gasteiger partial charge on any atom is -0.351 e. The molecule has 5 heteroatoms. The third-order valence-electron chi connectivity index (χ3n) is 3.57. The normalized spacial score (nSPS) is 12.0. The molecule has 0 spiro atoms. The van der Waals surface area contributed by atoms with Crippen molar-refractivity contribution in [3.8, 4) is 0 Å². The van der Waals surface area contributed by atoms with Crippen LogP contribution in [-0.4, -0.2) is 21.1 Å². The smallest absolute Gasteiger partial charge is 0.233 e. The van der Waals surface area contributed by atoms with Gasteiger partial charge in [-0.2, -0.15) is 0 Å². The van der Waals surface area contributed by atoms with Crippen LogP contribution in [0.4, 0.5) is 0 Å². The van der Waals surface area contributed by atoms with Crippen LogP contribution >= 0.6 is 11.8 Å². The van der Waals surface area contributed by atoms with Crippen molar-refractivity contribution in [2.45, 2.75) is 44.6 Å². The molecule has 0 aliphatic rings. The van der Waals surface area contributed by atoms with Crippen LogP contribution in [0.3, 0.4) is 0 Å². The number of nitrogens with one attached hydrogen (secondary N) is 1. The Morgan fingerprint density at radius 3 is 2.32 bits per heavy atom. The van der Waals surface area contributed by atoms with Gasteiger partial charge in [0, 0.05) is 17.9 Å². The third-order valence-corrected chi connectivity index (χ3v) is 4.53. The van der Waals surface area contributed by atoms with Gasteiger partial charge >= 0.3 is 0 Å². The highest BCUT2D eigenvalue weighted by atomic mass is 32.2. The molecule has 0 saturated carbocycles. The number of benzene rings is 1. The summed E-state index contributed by atoms with van der Waals surface area (Å²) in [5.41, 5.74) is 4.12. The predicted octanol–water partition coefficient (Wildman–Crippen LogP) is 3.20. The molecule has 1 amide bonds. The first-order valence-corrected chi connectivity index (χ1v) is 8.15. The van der Waals surface area contributed by atoms with Crippen LogP contribution in [-0.2, 0) is 11.3 Å².